The normalized spacial score (nSPS) is 10.1. The van der Waals surface area contributed by atoms with Crippen LogP contribution in [0.5, 0.6) is 11.5 Å². The van der Waals surface area contributed by atoms with E-state index in [1.54, 1.807) is 30.3 Å². The Balaban J connectivity index is 2.05. The molecule has 0 unspecified atom stereocenters. The number of pyridine rings is 1. The molecule has 2 aromatic carbocycles. The van der Waals surface area contributed by atoms with E-state index in [2.05, 4.69) is 4.98 Å². The van der Waals surface area contributed by atoms with Crippen molar-refractivity contribution in [3.8, 4) is 34.8 Å². The maximum atomic E-state index is 12.2. The third kappa shape index (κ3) is 4.22. The number of rotatable bonds is 6. The summed E-state index contributed by atoms with van der Waals surface area (Å²) < 4.78 is 11.6. The van der Waals surface area contributed by atoms with Crippen molar-refractivity contribution in [1.82, 2.24) is 4.98 Å². The zero-order valence-electron chi connectivity index (χ0n) is 16.0. The molecule has 1 aromatic heterocycles. The zero-order chi connectivity index (χ0) is 21.7. The van der Waals surface area contributed by atoms with Crippen molar-refractivity contribution in [3.05, 3.63) is 74.5 Å². The summed E-state index contributed by atoms with van der Waals surface area (Å²) in [5.74, 6) is 0.773. The van der Waals surface area contributed by atoms with Crippen molar-refractivity contribution < 1.29 is 9.47 Å². The lowest BCUT2D eigenvalue weighted by molar-refractivity contribution is 0.269. The van der Waals surface area contributed by atoms with Crippen molar-refractivity contribution in [2.75, 3.05) is 12.3 Å². The van der Waals surface area contributed by atoms with Crippen molar-refractivity contribution in [1.29, 1.82) is 10.5 Å². The molecule has 1 heterocycles. The van der Waals surface area contributed by atoms with Crippen LogP contribution in [0.15, 0.2) is 47.3 Å². The number of ether oxygens (including phenoxy) is 2. The van der Waals surface area contributed by atoms with E-state index in [1.165, 1.54) is 0 Å². The van der Waals surface area contributed by atoms with Gasteiger partial charge in [-0.3, -0.25) is 4.79 Å². The van der Waals surface area contributed by atoms with Gasteiger partial charge in [-0.15, -0.1) is 0 Å². The number of anilines is 1. The first-order valence-electron chi connectivity index (χ1n) is 8.98. The Kier molecular flexibility index (Phi) is 6.26. The number of nitrogens with one attached hydrogen (secondary N) is 1. The summed E-state index contributed by atoms with van der Waals surface area (Å²) in [6.45, 7) is 2.45. The number of nitriles is 2. The van der Waals surface area contributed by atoms with E-state index < -0.39 is 5.56 Å². The molecular formula is C22H17ClN4O3. The molecule has 0 amide bonds. The molecule has 3 N–H and O–H groups in total. The van der Waals surface area contributed by atoms with Gasteiger partial charge in [-0.25, -0.2) is 0 Å². The Hall–Kier alpha value is -3.94. The van der Waals surface area contributed by atoms with Crippen LogP contribution in [-0.4, -0.2) is 11.6 Å². The minimum absolute atomic E-state index is 0.0150. The molecular weight excluding hydrogens is 404 g/mol. The molecule has 7 nitrogen and oxygen atoms in total. The number of benzene rings is 2. The molecule has 150 valence electrons. The number of nitrogens with zero attached hydrogens (tertiary/aromatic N) is 2. The maximum Gasteiger partial charge on any atom is 0.268 e. The largest absolute Gasteiger partial charge is 0.490 e. The van der Waals surface area contributed by atoms with Gasteiger partial charge in [0.15, 0.2) is 11.5 Å². The molecule has 0 fully saturated rings. The maximum absolute atomic E-state index is 12.2. The van der Waals surface area contributed by atoms with Crippen molar-refractivity contribution in [3.63, 3.8) is 0 Å². The first kappa shape index (κ1) is 20.8. The van der Waals surface area contributed by atoms with Gasteiger partial charge in [0.05, 0.1) is 6.61 Å². The summed E-state index contributed by atoms with van der Waals surface area (Å²) >= 11 is 6.01. The minimum atomic E-state index is -0.664. The summed E-state index contributed by atoms with van der Waals surface area (Å²) in [5, 5.41) is 19.6. The highest BCUT2D eigenvalue weighted by atomic mass is 35.5. The summed E-state index contributed by atoms with van der Waals surface area (Å²) in [6.07, 6.45) is 0. The van der Waals surface area contributed by atoms with Gasteiger partial charge in [-0.2, -0.15) is 10.5 Å². The first-order chi connectivity index (χ1) is 14.5. The quantitative estimate of drug-likeness (QED) is 0.620. The molecule has 0 spiro atoms. The van der Waals surface area contributed by atoms with Crippen LogP contribution in [0.3, 0.4) is 0 Å². The molecule has 0 aliphatic heterocycles. The monoisotopic (exact) mass is 420 g/mol. The highest BCUT2D eigenvalue weighted by Gasteiger charge is 2.19. The van der Waals surface area contributed by atoms with Crippen LogP contribution in [0.2, 0.25) is 5.02 Å². The Morgan fingerprint density at radius 1 is 1.07 bits per heavy atom. The number of nitrogen functional groups attached to an aromatic ring is 1. The number of hydrogen-bond donors (Lipinski definition) is 2. The van der Waals surface area contributed by atoms with Crippen molar-refractivity contribution >= 4 is 17.4 Å². The fourth-order valence-corrected chi connectivity index (χ4v) is 3.18. The second-order valence-electron chi connectivity index (χ2n) is 6.23. The molecule has 0 radical (unpaired) electrons. The summed E-state index contributed by atoms with van der Waals surface area (Å²) in [6, 6.07) is 16.0. The Labute approximate surface area is 177 Å². The summed E-state index contributed by atoms with van der Waals surface area (Å²) in [7, 11) is 0. The van der Waals surface area contributed by atoms with Crippen LogP contribution >= 0.6 is 11.6 Å². The number of nitrogens with two attached hydrogens (primary N) is 1. The third-order valence-corrected chi connectivity index (χ3v) is 4.52. The van der Waals surface area contributed by atoms with Crippen LogP contribution in [0.25, 0.3) is 11.1 Å². The average Bonchev–Trinajstić information content (AvgIpc) is 2.72. The number of hydrogen-bond acceptors (Lipinski definition) is 6. The Morgan fingerprint density at radius 2 is 1.83 bits per heavy atom. The van der Waals surface area contributed by atoms with E-state index in [-0.39, 0.29) is 29.1 Å². The van der Waals surface area contributed by atoms with Crippen molar-refractivity contribution in [2.45, 2.75) is 13.5 Å². The molecule has 0 atom stereocenters. The zero-order valence-corrected chi connectivity index (χ0v) is 16.8. The molecule has 3 rings (SSSR count). The minimum Gasteiger partial charge on any atom is -0.490 e. The number of halogens is 1. The van der Waals surface area contributed by atoms with E-state index >= 15 is 0 Å². The molecule has 8 heteroatoms. The molecule has 0 bridgehead atoms. The van der Waals surface area contributed by atoms with Gasteiger partial charge < -0.3 is 20.2 Å². The average molecular weight is 421 g/mol. The van der Waals surface area contributed by atoms with E-state index in [0.717, 1.165) is 5.56 Å². The van der Waals surface area contributed by atoms with Gasteiger partial charge in [0.1, 0.15) is 35.7 Å². The molecule has 0 aliphatic carbocycles. The standard InChI is InChI=1S/C22H17ClN4O3/c1-2-29-19-9-14(20-16(10-24)21(26)27-22(28)17(20)11-25)6-7-18(19)30-12-13-4-3-5-15(23)8-13/h3-9H,2,12H2,1H3,(H3,26,27,28). The third-order valence-electron chi connectivity index (χ3n) is 4.28. The van der Waals surface area contributed by atoms with Crippen molar-refractivity contribution in [2.24, 2.45) is 0 Å². The first-order valence-corrected chi connectivity index (χ1v) is 9.36. The lowest BCUT2D eigenvalue weighted by atomic mass is 9.96. The van der Waals surface area contributed by atoms with Crippen LogP contribution in [0, 0.1) is 22.7 Å². The number of aromatic nitrogens is 1. The Bertz CT molecular complexity index is 1240. The van der Waals surface area contributed by atoms with E-state index in [1.807, 2.05) is 31.2 Å². The molecule has 0 saturated carbocycles. The van der Waals surface area contributed by atoms with Gasteiger partial charge in [0, 0.05) is 10.6 Å². The van der Waals surface area contributed by atoms with Gasteiger partial charge in [-0.05, 0) is 42.3 Å². The molecule has 3 aromatic rings. The van der Waals surface area contributed by atoms with E-state index in [9.17, 15) is 15.3 Å². The molecule has 0 aliphatic rings. The predicted molar refractivity (Wildman–Crippen MR) is 113 cm³/mol. The van der Waals surface area contributed by atoms with E-state index in [0.29, 0.717) is 28.7 Å². The fourth-order valence-electron chi connectivity index (χ4n) is 2.97. The number of H-pyrrole nitrogens is 1. The highest BCUT2D eigenvalue weighted by Crippen LogP contribution is 2.36. The van der Waals surface area contributed by atoms with E-state index in [4.69, 9.17) is 26.8 Å². The molecule has 30 heavy (non-hydrogen) atoms. The SMILES string of the molecule is CCOc1cc(-c2c(C#N)c(N)[nH]c(=O)c2C#N)ccc1OCc1cccc(Cl)c1. The topological polar surface area (TPSA) is 125 Å². The second kappa shape index (κ2) is 9.04. The Morgan fingerprint density at radius 3 is 2.50 bits per heavy atom. The van der Waals surface area contributed by atoms with Gasteiger partial charge >= 0.3 is 0 Å². The lowest BCUT2D eigenvalue weighted by Crippen LogP contribution is -2.16. The highest BCUT2D eigenvalue weighted by molar-refractivity contribution is 6.30. The smallest absolute Gasteiger partial charge is 0.268 e. The summed E-state index contributed by atoms with van der Waals surface area (Å²) in [4.78, 5) is 14.5. The van der Waals surface area contributed by atoms with Crippen LogP contribution in [0.4, 0.5) is 5.82 Å². The van der Waals surface area contributed by atoms with Gasteiger partial charge in [-0.1, -0.05) is 29.8 Å². The lowest BCUT2D eigenvalue weighted by Gasteiger charge is -2.15. The fraction of sp³-hybridized carbons (Fsp3) is 0.136. The van der Waals surface area contributed by atoms with Crippen LogP contribution in [-0.2, 0) is 6.61 Å². The van der Waals surface area contributed by atoms with Gasteiger partial charge in [0.25, 0.3) is 5.56 Å². The predicted octanol–water partition coefficient (Wildman–Crippen LogP) is 4.00. The summed E-state index contributed by atoms with van der Waals surface area (Å²) in [5.41, 5.74) is 6.43. The van der Waals surface area contributed by atoms with Crippen LogP contribution < -0.4 is 20.8 Å². The number of aromatic amines is 1. The van der Waals surface area contributed by atoms with Gasteiger partial charge in [0.2, 0.25) is 0 Å². The second-order valence-corrected chi connectivity index (χ2v) is 6.67. The van der Waals surface area contributed by atoms with Crippen LogP contribution in [0.1, 0.15) is 23.6 Å². The molecule has 0 saturated heterocycles.